The third kappa shape index (κ3) is 6.06. The lowest BCUT2D eigenvalue weighted by molar-refractivity contribution is 0.00909. The van der Waals surface area contributed by atoms with E-state index in [1.807, 2.05) is 30.3 Å². The van der Waals surface area contributed by atoms with E-state index in [1.165, 1.54) is 12.1 Å². The molecule has 1 fully saturated rings. The summed E-state index contributed by atoms with van der Waals surface area (Å²) < 4.78 is 29.3. The number of anilines is 1. The molecule has 0 aromatic heterocycles. The molecule has 0 saturated carbocycles. The van der Waals surface area contributed by atoms with Gasteiger partial charge in [0.05, 0.1) is 33.5 Å². The lowest BCUT2D eigenvalue weighted by Gasteiger charge is -2.36. The highest BCUT2D eigenvalue weighted by molar-refractivity contribution is 5.46. The van der Waals surface area contributed by atoms with Crippen molar-refractivity contribution in [2.75, 3.05) is 58.5 Å². The van der Waals surface area contributed by atoms with Gasteiger partial charge in [0.25, 0.3) is 0 Å². The molecule has 3 rings (SSSR count). The van der Waals surface area contributed by atoms with Crippen molar-refractivity contribution in [2.45, 2.75) is 12.7 Å². The first-order valence-corrected chi connectivity index (χ1v) is 9.78. The number of β-amino-alcohol motifs (C(OH)–C–C–N with tert-alkyl or cyclic N) is 1. The Morgan fingerprint density at radius 3 is 2.31 bits per heavy atom. The fourth-order valence-electron chi connectivity index (χ4n) is 3.47. The number of benzene rings is 2. The third-order valence-corrected chi connectivity index (χ3v) is 5.06. The quantitative estimate of drug-likeness (QED) is 0.693. The normalized spacial score (nSPS) is 15.9. The number of hydrogen-bond donors (Lipinski definition) is 1. The van der Waals surface area contributed by atoms with Crippen LogP contribution in [0.25, 0.3) is 0 Å². The van der Waals surface area contributed by atoms with Crippen molar-refractivity contribution in [3.05, 3.63) is 53.8 Å². The molecule has 0 aliphatic carbocycles. The Balaban J connectivity index is 1.38. The number of aliphatic hydroxyl groups is 1. The van der Waals surface area contributed by atoms with Crippen LogP contribution in [0.4, 0.5) is 10.1 Å². The first-order chi connectivity index (χ1) is 14.1. The number of halogens is 1. The first-order valence-electron chi connectivity index (χ1n) is 9.78. The minimum Gasteiger partial charge on any atom is -0.493 e. The molecule has 2 aromatic rings. The van der Waals surface area contributed by atoms with Gasteiger partial charge in [-0.1, -0.05) is 6.07 Å². The minimum atomic E-state index is -0.549. The van der Waals surface area contributed by atoms with Crippen LogP contribution in [0, 0.1) is 5.82 Å². The molecule has 7 heteroatoms. The summed E-state index contributed by atoms with van der Waals surface area (Å²) in [6.07, 6.45) is -0.549. The number of rotatable bonds is 9. The van der Waals surface area contributed by atoms with Gasteiger partial charge < -0.3 is 24.2 Å². The van der Waals surface area contributed by atoms with Crippen LogP contribution in [0.3, 0.4) is 0 Å². The molecule has 2 aromatic carbocycles. The van der Waals surface area contributed by atoms with Crippen molar-refractivity contribution in [1.82, 2.24) is 4.90 Å². The molecule has 29 heavy (non-hydrogen) atoms. The van der Waals surface area contributed by atoms with E-state index in [0.717, 1.165) is 37.4 Å². The number of nitrogens with zero attached hydrogens (tertiary/aromatic N) is 2. The largest absolute Gasteiger partial charge is 0.493 e. The zero-order valence-electron chi connectivity index (χ0n) is 17.0. The van der Waals surface area contributed by atoms with Crippen LogP contribution in [0.5, 0.6) is 11.5 Å². The molecule has 0 bridgehead atoms. The average Bonchev–Trinajstić information content (AvgIpc) is 2.75. The van der Waals surface area contributed by atoms with E-state index in [0.29, 0.717) is 24.7 Å². The molecular weight excluding hydrogens is 375 g/mol. The van der Waals surface area contributed by atoms with Crippen molar-refractivity contribution in [2.24, 2.45) is 0 Å². The van der Waals surface area contributed by atoms with Crippen molar-refractivity contribution in [3.63, 3.8) is 0 Å². The zero-order valence-corrected chi connectivity index (χ0v) is 17.0. The summed E-state index contributed by atoms with van der Waals surface area (Å²) in [4.78, 5) is 4.46. The van der Waals surface area contributed by atoms with Crippen LogP contribution >= 0.6 is 0 Å². The predicted molar refractivity (Wildman–Crippen MR) is 110 cm³/mol. The van der Waals surface area contributed by atoms with Gasteiger partial charge in [-0.15, -0.1) is 0 Å². The summed E-state index contributed by atoms with van der Waals surface area (Å²) in [7, 11) is 3.20. The Morgan fingerprint density at radius 2 is 1.66 bits per heavy atom. The van der Waals surface area contributed by atoms with E-state index in [4.69, 9.17) is 14.2 Å². The fraction of sp³-hybridized carbons (Fsp3) is 0.455. The molecule has 0 amide bonds. The number of piperazine rings is 1. The van der Waals surface area contributed by atoms with E-state index in [9.17, 15) is 9.50 Å². The van der Waals surface area contributed by atoms with Gasteiger partial charge >= 0.3 is 0 Å². The molecule has 1 heterocycles. The Bertz CT molecular complexity index is 764. The summed E-state index contributed by atoms with van der Waals surface area (Å²) in [5, 5.41) is 10.3. The maximum atomic E-state index is 13.1. The molecule has 158 valence electrons. The first kappa shape index (κ1) is 21.4. The molecule has 1 atom stereocenters. The predicted octanol–water partition coefficient (Wildman–Crippen LogP) is 2.54. The summed E-state index contributed by atoms with van der Waals surface area (Å²) in [5.41, 5.74) is 1.99. The lowest BCUT2D eigenvalue weighted by Crippen LogP contribution is -2.49. The Morgan fingerprint density at radius 1 is 0.966 bits per heavy atom. The highest BCUT2D eigenvalue weighted by Gasteiger charge is 2.19. The summed E-state index contributed by atoms with van der Waals surface area (Å²) >= 11 is 0. The van der Waals surface area contributed by atoms with Crippen LogP contribution in [0.2, 0.25) is 0 Å². The van der Waals surface area contributed by atoms with E-state index in [1.54, 1.807) is 14.2 Å². The van der Waals surface area contributed by atoms with Crippen LogP contribution < -0.4 is 14.4 Å². The Hall–Kier alpha value is -2.35. The van der Waals surface area contributed by atoms with E-state index >= 15 is 0 Å². The second kappa shape index (κ2) is 10.4. The van der Waals surface area contributed by atoms with Crippen molar-refractivity contribution in [3.8, 4) is 11.5 Å². The Kier molecular flexibility index (Phi) is 7.69. The summed E-state index contributed by atoms with van der Waals surface area (Å²) in [5.74, 6) is 1.12. The molecule has 1 aliphatic heterocycles. The SMILES string of the molecule is COc1ccc(COCC(O)CN2CCN(c3ccc(F)cc3)CC2)cc1OC. The average molecular weight is 404 g/mol. The highest BCUT2D eigenvalue weighted by atomic mass is 19.1. The zero-order chi connectivity index (χ0) is 20.6. The van der Waals surface area contributed by atoms with Gasteiger partial charge in [0.1, 0.15) is 5.82 Å². The molecule has 0 spiro atoms. The van der Waals surface area contributed by atoms with Crippen LogP contribution in [-0.2, 0) is 11.3 Å². The molecule has 1 saturated heterocycles. The van der Waals surface area contributed by atoms with Gasteiger partial charge in [-0.05, 0) is 42.0 Å². The monoisotopic (exact) mass is 404 g/mol. The third-order valence-electron chi connectivity index (χ3n) is 5.06. The topological polar surface area (TPSA) is 54.4 Å². The maximum absolute atomic E-state index is 13.1. The molecule has 1 N–H and O–H groups in total. The van der Waals surface area contributed by atoms with Gasteiger partial charge in [0, 0.05) is 38.4 Å². The number of methoxy groups -OCH3 is 2. The van der Waals surface area contributed by atoms with Gasteiger partial charge in [-0.3, -0.25) is 4.90 Å². The van der Waals surface area contributed by atoms with Gasteiger partial charge in [-0.25, -0.2) is 4.39 Å². The van der Waals surface area contributed by atoms with E-state index < -0.39 is 6.10 Å². The van der Waals surface area contributed by atoms with Crippen molar-refractivity contribution >= 4 is 5.69 Å². The highest BCUT2D eigenvalue weighted by Crippen LogP contribution is 2.27. The van der Waals surface area contributed by atoms with E-state index in [-0.39, 0.29) is 12.4 Å². The second-order valence-electron chi connectivity index (χ2n) is 7.12. The standard InChI is InChI=1S/C22H29FN2O4/c1-27-21-8-3-17(13-22(21)28-2)15-29-16-20(26)14-24-9-11-25(12-10-24)19-6-4-18(23)5-7-19/h3-8,13,20,26H,9-12,14-16H2,1-2H3. The molecule has 1 aliphatic rings. The molecule has 1 unspecified atom stereocenters. The van der Waals surface area contributed by atoms with Crippen molar-refractivity contribution < 1.29 is 23.7 Å². The fourth-order valence-corrected chi connectivity index (χ4v) is 3.47. The van der Waals surface area contributed by atoms with Crippen molar-refractivity contribution in [1.29, 1.82) is 0 Å². The summed E-state index contributed by atoms with van der Waals surface area (Å²) in [6, 6.07) is 12.2. The molecular formula is C22H29FN2O4. The lowest BCUT2D eigenvalue weighted by atomic mass is 10.2. The second-order valence-corrected chi connectivity index (χ2v) is 7.12. The van der Waals surface area contributed by atoms with Gasteiger partial charge in [0.15, 0.2) is 11.5 Å². The minimum absolute atomic E-state index is 0.219. The van der Waals surface area contributed by atoms with Crippen LogP contribution in [-0.4, -0.2) is 69.7 Å². The molecule has 0 radical (unpaired) electrons. The van der Waals surface area contributed by atoms with Crippen LogP contribution in [0.1, 0.15) is 5.56 Å². The van der Waals surface area contributed by atoms with Gasteiger partial charge in [-0.2, -0.15) is 0 Å². The van der Waals surface area contributed by atoms with Crippen LogP contribution in [0.15, 0.2) is 42.5 Å². The maximum Gasteiger partial charge on any atom is 0.161 e. The molecule has 6 nitrogen and oxygen atoms in total. The Labute approximate surface area is 171 Å². The number of hydrogen-bond acceptors (Lipinski definition) is 6. The van der Waals surface area contributed by atoms with E-state index in [2.05, 4.69) is 9.80 Å². The smallest absolute Gasteiger partial charge is 0.161 e. The summed E-state index contributed by atoms with van der Waals surface area (Å²) in [6.45, 7) is 4.65. The number of aliphatic hydroxyl groups excluding tert-OH is 1. The van der Waals surface area contributed by atoms with Gasteiger partial charge in [0.2, 0.25) is 0 Å². The number of ether oxygens (including phenoxy) is 3.